The molecule has 3 rings (SSSR count). The van der Waals surface area contributed by atoms with Gasteiger partial charge in [0.25, 0.3) is 0 Å². The van der Waals surface area contributed by atoms with Gasteiger partial charge in [0.2, 0.25) is 0 Å². The highest BCUT2D eigenvalue weighted by Gasteiger charge is 2.17. The van der Waals surface area contributed by atoms with Crippen LogP contribution in [0.5, 0.6) is 5.75 Å². The minimum Gasteiger partial charge on any atom is -0.489 e. The van der Waals surface area contributed by atoms with E-state index in [2.05, 4.69) is 4.98 Å². The zero-order valence-corrected chi connectivity index (χ0v) is 13.0. The van der Waals surface area contributed by atoms with Gasteiger partial charge in [-0.1, -0.05) is 6.42 Å². The molecular formula is C17H21NO2S. The van der Waals surface area contributed by atoms with Gasteiger partial charge in [-0.3, -0.25) is 0 Å². The van der Waals surface area contributed by atoms with Crippen molar-refractivity contribution in [3.05, 3.63) is 34.8 Å². The van der Waals surface area contributed by atoms with E-state index < -0.39 is 0 Å². The molecule has 0 saturated heterocycles. The highest BCUT2D eigenvalue weighted by atomic mass is 32.1. The van der Waals surface area contributed by atoms with Gasteiger partial charge >= 0.3 is 0 Å². The van der Waals surface area contributed by atoms with E-state index >= 15 is 0 Å². The van der Waals surface area contributed by atoms with Crippen LogP contribution in [0, 0.1) is 6.92 Å². The van der Waals surface area contributed by atoms with Gasteiger partial charge in [0.15, 0.2) is 0 Å². The number of rotatable bonds is 4. The average Bonchev–Trinajstić information content (AvgIpc) is 2.98. The number of nitrogens with zero attached hydrogens (tertiary/aromatic N) is 1. The van der Waals surface area contributed by atoms with Gasteiger partial charge in [-0.2, -0.15) is 0 Å². The maximum atomic E-state index is 9.37. The Bertz CT molecular complexity index is 643. The number of hydrogen-bond acceptors (Lipinski definition) is 4. The third-order valence-corrected chi connectivity index (χ3v) is 4.82. The summed E-state index contributed by atoms with van der Waals surface area (Å²) in [5.74, 6) is 0.810. The Labute approximate surface area is 131 Å². The standard InChI is InChI=1S/C17H21NO2S/c1-12-16(20-14-5-3-2-4-6-14)8-7-15(18-12)17-13(11-19)9-10-21-17/h7-10,14,19H,2-6,11H2,1H3/i3D/t3-,14?/m0/s1. The molecule has 3 nitrogen and oxygen atoms in total. The molecule has 0 aromatic carbocycles. The largest absolute Gasteiger partial charge is 0.489 e. The molecule has 1 aliphatic rings. The van der Waals surface area contributed by atoms with E-state index in [0.29, 0.717) is 0 Å². The molecule has 1 saturated carbocycles. The predicted octanol–water partition coefficient (Wildman–Crippen LogP) is 4.32. The van der Waals surface area contributed by atoms with E-state index in [0.717, 1.165) is 53.3 Å². The fourth-order valence-corrected chi connectivity index (χ4v) is 3.57. The van der Waals surface area contributed by atoms with Gasteiger partial charge in [0.05, 0.1) is 29.0 Å². The van der Waals surface area contributed by atoms with Crippen molar-refractivity contribution in [2.24, 2.45) is 0 Å². The van der Waals surface area contributed by atoms with Gasteiger partial charge in [0, 0.05) is 1.37 Å². The molecule has 1 aliphatic carbocycles. The lowest BCUT2D eigenvalue weighted by Gasteiger charge is -2.23. The Morgan fingerprint density at radius 2 is 2.29 bits per heavy atom. The first-order chi connectivity index (χ1) is 10.7. The lowest BCUT2D eigenvalue weighted by molar-refractivity contribution is 0.153. The smallest absolute Gasteiger partial charge is 0.140 e. The number of aliphatic hydroxyl groups is 1. The van der Waals surface area contributed by atoms with Crippen LogP contribution in [0.4, 0.5) is 0 Å². The fraction of sp³-hybridized carbons (Fsp3) is 0.471. The second-order valence-corrected chi connectivity index (χ2v) is 6.32. The number of ether oxygens (including phenoxy) is 1. The van der Waals surface area contributed by atoms with Gasteiger partial charge in [-0.15, -0.1) is 11.3 Å². The molecule has 0 amide bonds. The first kappa shape index (κ1) is 13.3. The van der Waals surface area contributed by atoms with E-state index in [-0.39, 0.29) is 19.1 Å². The Morgan fingerprint density at radius 1 is 1.38 bits per heavy atom. The molecule has 1 fully saturated rings. The SMILES string of the molecule is [2H][C@H]1CCCC(Oc2ccc(-c3sccc3CO)nc2C)C1. The van der Waals surface area contributed by atoms with Crippen LogP contribution in [0.25, 0.3) is 10.6 Å². The average molecular weight is 304 g/mol. The molecule has 4 heteroatoms. The van der Waals surface area contributed by atoms with Crippen molar-refractivity contribution in [2.75, 3.05) is 0 Å². The predicted molar refractivity (Wildman–Crippen MR) is 85.7 cm³/mol. The van der Waals surface area contributed by atoms with Crippen LogP contribution in [-0.2, 0) is 6.61 Å². The van der Waals surface area contributed by atoms with Crippen LogP contribution >= 0.6 is 11.3 Å². The molecule has 1 unspecified atom stereocenters. The lowest BCUT2D eigenvalue weighted by atomic mass is 9.98. The van der Waals surface area contributed by atoms with Crippen molar-refractivity contribution in [2.45, 2.75) is 51.7 Å². The Morgan fingerprint density at radius 3 is 3.05 bits per heavy atom. The molecular weight excluding hydrogens is 282 g/mol. The van der Waals surface area contributed by atoms with E-state index in [1.54, 1.807) is 11.3 Å². The Balaban J connectivity index is 1.77. The Kier molecular flexibility index (Phi) is 4.16. The van der Waals surface area contributed by atoms with Crippen molar-refractivity contribution in [3.8, 4) is 16.3 Å². The highest BCUT2D eigenvalue weighted by Crippen LogP contribution is 2.31. The van der Waals surface area contributed by atoms with Gasteiger partial charge in [-0.25, -0.2) is 4.98 Å². The number of thiophene rings is 1. The minimum atomic E-state index is 0.00418. The molecule has 2 aromatic heterocycles. The van der Waals surface area contributed by atoms with E-state index in [1.807, 2.05) is 30.5 Å². The van der Waals surface area contributed by atoms with Crippen molar-refractivity contribution in [1.29, 1.82) is 0 Å². The summed E-state index contributed by atoms with van der Waals surface area (Å²) in [7, 11) is 0. The molecule has 112 valence electrons. The van der Waals surface area contributed by atoms with Gasteiger partial charge in [0.1, 0.15) is 5.75 Å². The van der Waals surface area contributed by atoms with Crippen LogP contribution in [0.3, 0.4) is 0 Å². The maximum absolute atomic E-state index is 9.37. The van der Waals surface area contributed by atoms with Crippen molar-refractivity contribution in [1.82, 2.24) is 4.98 Å². The molecule has 0 spiro atoms. The van der Waals surface area contributed by atoms with E-state index in [1.165, 1.54) is 0 Å². The summed E-state index contributed by atoms with van der Waals surface area (Å²) in [5, 5.41) is 11.3. The summed E-state index contributed by atoms with van der Waals surface area (Å²) in [6.45, 7) is 1.98. The summed E-state index contributed by atoms with van der Waals surface area (Å²) in [5.41, 5.74) is 2.66. The summed E-state index contributed by atoms with van der Waals surface area (Å²) in [6, 6.07) is 5.85. The van der Waals surface area contributed by atoms with Crippen LogP contribution in [0.1, 0.15) is 44.7 Å². The number of aromatic nitrogens is 1. The highest BCUT2D eigenvalue weighted by molar-refractivity contribution is 7.13. The van der Waals surface area contributed by atoms with E-state index in [9.17, 15) is 5.11 Å². The lowest BCUT2D eigenvalue weighted by Crippen LogP contribution is -2.20. The number of hydrogen-bond donors (Lipinski definition) is 1. The number of aryl methyl sites for hydroxylation is 1. The summed E-state index contributed by atoms with van der Waals surface area (Å²) in [4.78, 5) is 5.65. The molecule has 2 heterocycles. The second-order valence-electron chi connectivity index (χ2n) is 5.41. The summed E-state index contributed by atoms with van der Waals surface area (Å²) in [6.07, 6.45) is 4.02. The Hall–Kier alpha value is -1.39. The van der Waals surface area contributed by atoms with Gasteiger partial charge < -0.3 is 9.84 Å². The van der Waals surface area contributed by atoms with Crippen molar-refractivity contribution in [3.63, 3.8) is 0 Å². The zero-order valence-electron chi connectivity index (χ0n) is 13.2. The van der Waals surface area contributed by atoms with Crippen LogP contribution in [0.15, 0.2) is 23.6 Å². The normalized spacial score (nSPS) is 22.9. The fourth-order valence-electron chi connectivity index (χ4n) is 2.68. The van der Waals surface area contributed by atoms with Crippen LogP contribution < -0.4 is 4.74 Å². The summed E-state index contributed by atoms with van der Waals surface area (Å²) < 4.78 is 13.9. The third-order valence-electron chi connectivity index (χ3n) is 3.84. The van der Waals surface area contributed by atoms with Crippen LogP contribution in [-0.4, -0.2) is 16.2 Å². The third kappa shape index (κ3) is 3.27. The zero-order chi connectivity index (χ0) is 15.5. The van der Waals surface area contributed by atoms with Gasteiger partial charge in [-0.05, 0) is 61.7 Å². The molecule has 21 heavy (non-hydrogen) atoms. The number of aliphatic hydroxyl groups excluding tert-OH is 1. The van der Waals surface area contributed by atoms with Crippen LogP contribution in [0.2, 0.25) is 0 Å². The minimum absolute atomic E-state index is 0.00418. The first-order valence-corrected chi connectivity index (χ1v) is 8.29. The quantitative estimate of drug-likeness (QED) is 0.914. The molecule has 2 atom stereocenters. The summed E-state index contributed by atoms with van der Waals surface area (Å²) >= 11 is 1.59. The molecule has 1 N–H and O–H groups in total. The second kappa shape index (κ2) is 6.58. The molecule has 2 aromatic rings. The molecule has 0 bridgehead atoms. The first-order valence-electron chi connectivity index (χ1n) is 7.99. The molecule has 0 radical (unpaired) electrons. The molecule has 0 aliphatic heterocycles. The van der Waals surface area contributed by atoms with Crippen molar-refractivity contribution < 1.29 is 11.2 Å². The van der Waals surface area contributed by atoms with Crippen molar-refractivity contribution >= 4 is 11.3 Å². The van der Waals surface area contributed by atoms with E-state index in [4.69, 9.17) is 6.11 Å². The number of pyridine rings is 1. The maximum Gasteiger partial charge on any atom is 0.140 e. The monoisotopic (exact) mass is 304 g/mol. The topological polar surface area (TPSA) is 42.4 Å².